The van der Waals surface area contributed by atoms with E-state index in [4.69, 9.17) is 10.5 Å². The summed E-state index contributed by atoms with van der Waals surface area (Å²) < 4.78 is 5.67. The quantitative estimate of drug-likeness (QED) is 0.859. The average Bonchev–Trinajstić information content (AvgIpc) is 2.98. The van der Waals surface area contributed by atoms with Crippen LogP contribution in [0.25, 0.3) is 0 Å². The number of aryl methyl sites for hydroxylation is 1. The SMILES string of the molecule is Cc1cc(OCC2CC2)ccc1CN.Cl. The molecule has 0 heterocycles. The molecule has 1 saturated carbocycles. The van der Waals surface area contributed by atoms with E-state index in [-0.39, 0.29) is 12.4 Å². The third-order valence-corrected chi connectivity index (χ3v) is 2.72. The lowest BCUT2D eigenvalue weighted by atomic mass is 10.1. The molecule has 0 radical (unpaired) electrons. The zero-order valence-corrected chi connectivity index (χ0v) is 9.85. The Labute approximate surface area is 97.2 Å². The lowest BCUT2D eigenvalue weighted by Gasteiger charge is -2.08. The molecule has 0 aliphatic heterocycles. The van der Waals surface area contributed by atoms with Gasteiger partial charge in [-0.3, -0.25) is 0 Å². The summed E-state index contributed by atoms with van der Waals surface area (Å²) >= 11 is 0. The Bertz CT molecular complexity index is 323. The molecule has 0 atom stereocenters. The van der Waals surface area contributed by atoms with Gasteiger partial charge in [-0.05, 0) is 48.9 Å². The zero-order valence-electron chi connectivity index (χ0n) is 9.03. The highest BCUT2D eigenvalue weighted by Gasteiger charge is 2.21. The summed E-state index contributed by atoms with van der Waals surface area (Å²) in [6, 6.07) is 6.14. The molecule has 1 aromatic rings. The van der Waals surface area contributed by atoms with Crippen molar-refractivity contribution in [3.05, 3.63) is 29.3 Å². The molecule has 0 unspecified atom stereocenters. The lowest BCUT2D eigenvalue weighted by Crippen LogP contribution is -2.02. The number of rotatable bonds is 4. The van der Waals surface area contributed by atoms with Gasteiger partial charge in [-0.1, -0.05) is 6.07 Å². The molecule has 2 rings (SSSR count). The van der Waals surface area contributed by atoms with Crippen LogP contribution in [0.2, 0.25) is 0 Å². The first-order valence-corrected chi connectivity index (χ1v) is 5.22. The normalized spacial score (nSPS) is 14.5. The first-order valence-electron chi connectivity index (χ1n) is 5.22. The molecule has 1 aliphatic rings. The summed E-state index contributed by atoms with van der Waals surface area (Å²) in [5.74, 6) is 1.79. The molecule has 1 fully saturated rings. The van der Waals surface area contributed by atoms with Crippen molar-refractivity contribution in [1.29, 1.82) is 0 Å². The second-order valence-corrected chi connectivity index (χ2v) is 4.05. The van der Waals surface area contributed by atoms with Crippen molar-refractivity contribution in [2.75, 3.05) is 6.61 Å². The molecule has 0 saturated heterocycles. The molecule has 0 aromatic heterocycles. The van der Waals surface area contributed by atoms with Gasteiger partial charge in [0.1, 0.15) is 5.75 Å². The largest absolute Gasteiger partial charge is 0.493 e. The molecule has 2 nitrogen and oxygen atoms in total. The summed E-state index contributed by atoms with van der Waals surface area (Å²) in [6.45, 7) is 3.56. The Hall–Kier alpha value is -0.730. The maximum absolute atomic E-state index is 5.67. The third-order valence-electron chi connectivity index (χ3n) is 2.72. The summed E-state index contributed by atoms with van der Waals surface area (Å²) in [5, 5.41) is 0. The maximum Gasteiger partial charge on any atom is 0.119 e. The molecule has 1 aliphatic carbocycles. The van der Waals surface area contributed by atoms with E-state index < -0.39 is 0 Å². The van der Waals surface area contributed by atoms with Crippen molar-refractivity contribution in [3.63, 3.8) is 0 Å². The second-order valence-electron chi connectivity index (χ2n) is 4.05. The van der Waals surface area contributed by atoms with Gasteiger partial charge in [-0.2, -0.15) is 0 Å². The molecule has 3 heteroatoms. The fourth-order valence-electron chi connectivity index (χ4n) is 1.49. The predicted octanol–water partition coefficient (Wildman–Crippen LogP) is 2.66. The minimum absolute atomic E-state index is 0. The Balaban J connectivity index is 0.00000112. The van der Waals surface area contributed by atoms with Gasteiger partial charge in [0, 0.05) is 6.54 Å². The molecule has 0 bridgehead atoms. The highest BCUT2D eigenvalue weighted by molar-refractivity contribution is 5.85. The Kier molecular flexibility index (Phi) is 4.43. The van der Waals surface area contributed by atoms with Gasteiger partial charge in [0.05, 0.1) is 6.61 Å². The Morgan fingerprint density at radius 3 is 2.67 bits per heavy atom. The number of benzene rings is 1. The zero-order chi connectivity index (χ0) is 9.97. The highest BCUT2D eigenvalue weighted by atomic mass is 35.5. The summed E-state index contributed by atoms with van der Waals surface area (Å²) in [5.41, 5.74) is 8.01. The fourth-order valence-corrected chi connectivity index (χ4v) is 1.49. The minimum atomic E-state index is 0. The molecule has 0 spiro atoms. The second kappa shape index (κ2) is 5.38. The van der Waals surface area contributed by atoms with Crippen LogP contribution in [0, 0.1) is 12.8 Å². The van der Waals surface area contributed by atoms with Crippen molar-refractivity contribution in [3.8, 4) is 5.75 Å². The Morgan fingerprint density at radius 2 is 2.13 bits per heavy atom. The third kappa shape index (κ3) is 3.40. The highest BCUT2D eigenvalue weighted by Crippen LogP contribution is 2.29. The van der Waals surface area contributed by atoms with E-state index in [0.717, 1.165) is 18.3 Å². The first-order chi connectivity index (χ1) is 6.79. The van der Waals surface area contributed by atoms with Crippen molar-refractivity contribution in [2.24, 2.45) is 11.7 Å². The lowest BCUT2D eigenvalue weighted by molar-refractivity contribution is 0.299. The van der Waals surface area contributed by atoms with E-state index in [1.807, 2.05) is 6.07 Å². The molecule has 2 N–H and O–H groups in total. The van der Waals surface area contributed by atoms with Crippen molar-refractivity contribution in [1.82, 2.24) is 0 Å². The minimum Gasteiger partial charge on any atom is -0.493 e. The number of hydrogen-bond acceptors (Lipinski definition) is 2. The van der Waals surface area contributed by atoms with Crippen LogP contribution in [0.4, 0.5) is 0 Å². The van der Waals surface area contributed by atoms with Crippen LogP contribution in [0.1, 0.15) is 24.0 Å². The molecular weight excluding hydrogens is 210 g/mol. The van der Waals surface area contributed by atoms with Crippen LogP contribution in [-0.2, 0) is 6.54 Å². The standard InChI is InChI=1S/C12H17NO.ClH/c1-9-6-12(5-4-11(9)7-13)14-8-10-2-3-10;/h4-6,10H,2-3,7-8,13H2,1H3;1H. The number of nitrogens with two attached hydrogens (primary N) is 1. The maximum atomic E-state index is 5.67. The fraction of sp³-hybridized carbons (Fsp3) is 0.500. The molecular formula is C12H18ClNO. The van der Waals surface area contributed by atoms with Crippen molar-refractivity contribution < 1.29 is 4.74 Å². The topological polar surface area (TPSA) is 35.2 Å². The van der Waals surface area contributed by atoms with Crippen molar-refractivity contribution >= 4 is 12.4 Å². The van der Waals surface area contributed by atoms with Crippen LogP contribution in [0.5, 0.6) is 5.75 Å². The van der Waals surface area contributed by atoms with E-state index >= 15 is 0 Å². The Morgan fingerprint density at radius 1 is 1.40 bits per heavy atom. The van der Waals surface area contributed by atoms with E-state index in [1.54, 1.807) is 0 Å². The van der Waals surface area contributed by atoms with E-state index in [2.05, 4.69) is 19.1 Å². The number of ether oxygens (including phenoxy) is 1. The van der Waals surface area contributed by atoms with Crippen LogP contribution >= 0.6 is 12.4 Å². The van der Waals surface area contributed by atoms with Crippen LogP contribution in [0.3, 0.4) is 0 Å². The van der Waals surface area contributed by atoms with Gasteiger partial charge >= 0.3 is 0 Å². The van der Waals surface area contributed by atoms with Crippen LogP contribution in [0.15, 0.2) is 18.2 Å². The van der Waals surface area contributed by atoms with E-state index in [0.29, 0.717) is 6.54 Å². The predicted molar refractivity (Wildman–Crippen MR) is 64.5 cm³/mol. The van der Waals surface area contributed by atoms with Gasteiger partial charge in [-0.15, -0.1) is 12.4 Å². The van der Waals surface area contributed by atoms with Crippen LogP contribution < -0.4 is 10.5 Å². The number of hydrogen-bond donors (Lipinski definition) is 1. The smallest absolute Gasteiger partial charge is 0.119 e. The van der Waals surface area contributed by atoms with Gasteiger partial charge in [0.25, 0.3) is 0 Å². The van der Waals surface area contributed by atoms with Crippen LogP contribution in [-0.4, -0.2) is 6.61 Å². The summed E-state index contributed by atoms with van der Waals surface area (Å²) in [7, 11) is 0. The summed E-state index contributed by atoms with van der Waals surface area (Å²) in [4.78, 5) is 0. The first kappa shape index (κ1) is 12.3. The average molecular weight is 228 g/mol. The molecule has 84 valence electrons. The van der Waals surface area contributed by atoms with Gasteiger partial charge in [-0.25, -0.2) is 0 Å². The molecule has 15 heavy (non-hydrogen) atoms. The van der Waals surface area contributed by atoms with Gasteiger partial charge in [0.2, 0.25) is 0 Å². The van der Waals surface area contributed by atoms with E-state index in [9.17, 15) is 0 Å². The molecule has 1 aromatic carbocycles. The van der Waals surface area contributed by atoms with Crippen molar-refractivity contribution in [2.45, 2.75) is 26.3 Å². The van der Waals surface area contributed by atoms with E-state index in [1.165, 1.54) is 24.0 Å². The van der Waals surface area contributed by atoms with Gasteiger partial charge in [0.15, 0.2) is 0 Å². The van der Waals surface area contributed by atoms with Gasteiger partial charge < -0.3 is 10.5 Å². The number of halogens is 1. The summed E-state index contributed by atoms with van der Waals surface area (Å²) in [6.07, 6.45) is 2.67. The molecule has 0 amide bonds. The monoisotopic (exact) mass is 227 g/mol.